The van der Waals surface area contributed by atoms with Crippen LogP contribution in [0, 0.1) is 0 Å². The molecule has 19 heavy (non-hydrogen) atoms. The lowest BCUT2D eigenvalue weighted by Crippen LogP contribution is -2.52. The molecule has 3 heteroatoms. The lowest BCUT2D eigenvalue weighted by molar-refractivity contribution is -0.146. The van der Waals surface area contributed by atoms with Gasteiger partial charge in [0, 0.05) is 6.54 Å². The van der Waals surface area contributed by atoms with Gasteiger partial charge in [-0.1, -0.05) is 62.4 Å². The molecule has 1 aromatic carbocycles. The molecule has 3 nitrogen and oxygen atoms in total. The van der Waals surface area contributed by atoms with Crippen LogP contribution in [0.2, 0.25) is 0 Å². The van der Waals surface area contributed by atoms with Crippen molar-refractivity contribution in [1.82, 2.24) is 5.32 Å². The molecule has 0 unspecified atom stereocenters. The summed E-state index contributed by atoms with van der Waals surface area (Å²) in [7, 11) is 0. The third-order valence-corrected chi connectivity index (χ3v) is 4.09. The quantitative estimate of drug-likeness (QED) is 0.874. The topological polar surface area (TPSA) is 49.3 Å². The lowest BCUT2D eigenvalue weighted by Gasteiger charge is -2.32. The number of carboxylic acid groups (broad SMARTS) is 1. The van der Waals surface area contributed by atoms with Crippen LogP contribution in [0.4, 0.5) is 0 Å². The fourth-order valence-corrected chi connectivity index (χ4v) is 2.84. The van der Waals surface area contributed by atoms with Crippen LogP contribution in [0.25, 0.3) is 0 Å². The Labute approximate surface area is 115 Å². The smallest absolute Gasteiger partial charge is 0.323 e. The Bertz CT molecular complexity index is 394. The molecule has 0 saturated heterocycles. The molecule has 1 aromatic rings. The first-order valence-electron chi connectivity index (χ1n) is 7.25. The Hall–Kier alpha value is -1.35. The zero-order valence-electron chi connectivity index (χ0n) is 11.4. The predicted molar refractivity (Wildman–Crippen MR) is 76.0 cm³/mol. The SMILES string of the molecule is O=C(O)C1(NCc2ccccc2)CCCCCCC1. The first-order chi connectivity index (χ1) is 9.23. The summed E-state index contributed by atoms with van der Waals surface area (Å²) in [6.45, 7) is 0.632. The van der Waals surface area contributed by atoms with E-state index in [2.05, 4.69) is 5.32 Å². The van der Waals surface area contributed by atoms with Crippen molar-refractivity contribution in [2.75, 3.05) is 0 Å². The first kappa shape index (κ1) is 14.1. The van der Waals surface area contributed by atoms with E-state index >= 15 is 0 Å². The number of hydrogen-bond donors (Lipinski definition) is 2. The van der Waals surface area contributed by atoms with Gasteiger partial charge in [0.25, 0.3) is 0 Å². The standard InChI is InChI=1S/C16H23NO2/c18-15(19)16(11-7-2-1-3-8-12-16)17-13-14-9-5-4-6-10-14/h4-6,9-10,17H,1-3,7-8,11-13H2,(H,18,19). The molecular formula is C16H23NO2. The molecule has 1 saturated carbocycles. The Morgan fingerprint density at radius 1 is 1.05 bits per heavy atom. The molecule has 2 N–H and O–H groups in total. The maximum absolute atomic E-state index is 11.7. The Kier molecular flexibility index (Phi) is 4.97. The molecule has 0 aliphatic heterocycles. The number of carboxylic acids is 1. The summed E-state index contributed by atoms with van der Waals surface area (Å²) in [6, 6.07) is 10.0. The Balaban J connectivity index is 2.03. The molecule has 104 valence electrons. The van der Waals surface area contributed by atoms with Gasteiger partial charge in [-0.3, -0.25) is 10.1 Å². The molecule has 0 heterocycles. The van der Waals surface area contributed by atoms with E-state index in [1.165, 1.54) is 6.42 Å². The molecule has 0 bridgehead atoms. The summed E-state index contributed by atoms with van der Waals surface area (Å²) in [6.07, 6.45) is 7.06. The van der Waals surface area contributed by atoms with Crippen LogP contribution in [0.15, 0.2) is 30.3 Å². The summed E-state index contributed by atoms with van der Waals surface area (Å²) < 4.78 is 0. The van der Waals surface area contributed by atoms with Crippen LogP contribution in [0.3, 0.4) is 0 Å². The van der Waals surface area contributed by atoms with E-state index in [0.29, 0.717) is 6.54 Å². The van der Waals surface area contributed by atoms with Crippen molar-refractivity contribution < 1.29 is 9.90 Å². The van der Waals surface area contributed by atoms with Crippen LogP contribution in [0.1, 0.15) is 50.5 Å². The van der Waals surface area contributed by atoms with Crippen molar-refractivity contribution in [3.63, 3.8) is 0 Å². The highest BCUT2D eigenvalue weighted by atomic mass is 16.4. The molecule has 0 atom stereocenters. The minimum absolute atomic E-state index is 0.632. The van der Waals surface area contributed by atoms with Gasteiger partial charge in [-0.15, -0.1) is 0 Å². The van der Waals surface area contributed by atoms with Crippen molar-refractivity contribution in [1.29, 1.82) is 0 Å². The molecule has 1 aliphatic rings. The van der Waals surface area contributed by atoms with Gasteiger partial charge in [0.05, 0.1) is 0 Å². The minimum atomic E-state index is -0.726. The van der Waals surface area contributed by atoms with E-state index in [-0.39, 0.29) is 0 Å². The highest BCUT2D eigenvalue weighted by molar-refractivity contribution is 5.78. The molecule has 0 amide bonds. The number of aliphatic carboxylic acids is 1. The highest BCUT2D eigenvalue weighted by Gasteiger charge is 2.37. The second-order valence-corrected chi connectivity index (χ2v) is 5.49. The van der Waals surface area contributed by atoms with Gasteiger partial charge in [-0.25, -0.2) is 0 Å². The second-order valence-electron chi connectivity index (χ2n) is 5.49. The fourth-order valence-electron chi connectivity index (χ4n) is 2.84. The van der Waals surface area contributed by atoms with E-state index in [4.69, 9.17) is 0 Å². The average Bonchev–Trinajstić information content (AvgIpc) is 2.39. The maximum atomic E-state index is 11.7. The number of nitrogens with one attached hydrogen (secondary N) is 1. The third-order valence-electron chi connectivity index (χ3n) is 4.09. The van der Waals surface area contributed by atoms with Gasteiger partial charge >= 0.3 is 5.97 Å². The average molecular weight is 261 g/mol. The van der Waals surface area contributed by atoms with Crippen molar-refractivity contribution in [2.45, 2.75) is 57.0 Å². The number of rotatable bonds is 4. The summed E-state index contributed by atoms with van der Waals surface area (Å²) >= 11 is 0. The molecule has 2 rings (SSSR count). The van der Waals surface area contributed by atoms with Gasteiger partial charge < -0.3 is 5.11 Å². The maximum Gasteiger partial charge on any atom is 0.323 e. The van der Waals surface area contributed by atoms with Gasteiger partial charge in [0.2, 0.25) is 0 Å². The number of benzene rings is 1. The van der Waals surface area contributed by atoms with Crippen molar-refractivity contribution in [3.8, 4) is 0 Å². The molecular weight excluding hydrogens is 238 g/mol. The van der Waals surface area contributed by atoms with Gasteiger partial charge in [0.1, 0.15) is 5.54 Å². The summed E-state index contributed by atoms with van der Waals surface area (Å²) in [4.78, 5) is 11.7. The lowest BCUT2D eigenvalue weighted by atomic mass is 9.83. The molecule has 0 radical (unpaired) electrons. The van der Waals surface area contributed by atoms with Crippen LogP contribution in [-0.4, -0.2) is 16.6 Å². The molecule has 0 spiro atoms. The van der Waals surface area contributed by atoms with Crippen LogP contribution < -0.4 is 5.32 Å². The Morgan fingerprint density at radius 3 is 2.21 bits per heavy atom. The molecule has 0 aromatic heterocycles. The van der Waals surface area contributed by atoms with E-state index in [1.807, 2.05) is 30.3 Å². The van der Waals surface area contributed by atoms with Crippen molar-refractivity contribution in [2.24, 2.45) is 0 Å². The number of hydrogen-bond acceptors (Lipinski definition) is 2. The zero-order chi connectivity index (χ0) is 13.6. The predicted octanol–water partition coefficient (Wildman–Crippen LogP) is 3.34. The van der Waals surface area contributed by atoms with Crippen LogP contribution in [-0.2, 0) is 11.3 Å². The molecule has 1 aliphatic carbocycles. The third kappa shape index (κ3) is 3.80. The fraction of sp³-hybridized carbons (Fsp3) is 0.562. The summed E-state index contributed by atoms with van der Waals surface area (Å²) in [5.41, 5.74) is 0.418. The van der Waals surface area contributed by atoms with Gasteiger partial charge in [-0.2, -0.15) is 0 Å². The van der Waals surface area contributed by atoms with Crippen LogP contribution in [0.5, 0.6) is 0 Å². The molecule has 1 fully saturated rings. The summed E-state index contributed by atoms with van der Waals surface area (Å²) in [5.74, 6) is -0.690. The number of carbonyl (C=O) groups is 1. The minimum Gasteiger partial charge on any atom is -0.480 e. The van der Waals surface area contributed by atoms with E-state index in [0.717, 1.165) is 44.1 Å². The highest BCUT2D eigenvalue weighted by Crippen LogP contribution is 2.27. The second kappa shape index (κ2) is 6.71. The van der Waals surface area contributed by atoms with Crippen molar-refractivity contribution in [3.05, 3.63) is 35.9 Å². The zero-order valence-corrected chi connectivity index (χ0v) is 11.4. The largest absolute Gasteiger partial charge is 0.480 e. The van der Waals surface area contributed by atoms with E-state index in [9.17, 15) is 9.90 Å². The van der Waals surface area contributed by atoms with E-state index < -0.39 is 11.5 Å². The van der Waals surface area contributed by atoms with Gasteiger partial charge in [0.15, 0.2) is 0 Å². The Morgan fingerprint density at radius 2 is 1.63 bits per heavy atom. The first-order valence-corrected chi connectivity index (χ1v) is 7.25. The normalized spacial score (nSPS) is 19.4. The van der Waals surface area contributed by atoms with Crippen LogP contribution >= 0.6 is 0 Å². The van der Waals surface area contributed by atoms with Crippen molar-refractivity contribution >= 4 is 5.97 Å². The summed E-state index contributed by atoms with van der Waals surface area (Å²) in [5, 5.41) is 12.9. The monoisotopic (exact) mass is 261 g/mol. The van der Waals surface area contributed by atoms with Gasteiger partial charge in [-0.05, 0) is 18.4 Å². The van der Waals surface area contributed by atoms with E-state index in [1.54, 1.807) is 0 Å².